The van der Waals surface area contributed by atoms with Crippen LogP contribution in [0, 0.1) is 0 Å². The molecular weight excluding hydrogens is 282 g/mol. The number of hydrogen-bond donors (Lipinski definition) is 2. The molecule has 2 aliphatic rings. The summed E-state index contributed by atoms with van der Waals surface area (Å²) < 4.78 is 0. The van der Waals surface area contributed by atoms with E-state index in [0.717, 1.165) is 19.4 Å². The molecule has 2 N–H and O–H groups in total. The molecule has 0 bridgehead atoms. The first kappa shape index (κ1) is 17.1. The Kier molecular flexibility index (Phi) is 6.06. The number of carbonyl (C=O) groups excluding carboxylic acids is 1. The lowest BCUT2D eigenvalue weighted by Crippen LogP contribution is -2.53. The Morgan fingerprint density at radius 3 is 2.41 bits per heavy atom. The highest BCUT2D eigenvalue weighted by atomic mass is 16.4. The van der Waals surface area contributed by atoms with Crippen LogP contribution in [0.2, 0.25) is 0 Å². The van der Waals surface area contributed by atoms with E-state index in [2.05, 4.69) is 24.1 Å². The minimum atomic E-state index is -0.988. The van der Waals surface area contributed by atoms with Gasteiger partial charge < -0.3 is 10.4 Å². The first-order valence-electron chi connectivity index (χ1n) is 8.53. The summed E-state index contributed by atoms with van der Waals surface area (Å²) in [4.78, 5) is 27.2. The first-order valence-corrected chi connectivity index (χ1v) is 8.53. The van der Waals surface area contributed by atoms with Gasteiger partial charge in [0, 0.05) is 31.7 Å². The molecule has 2 aliphatic heterocycles. The lowest BCUT2D eigenvalue weighted by molar-refractivity contribution is -0.127. The topological polar surface area (TPSA) is 72.9 Å². The zero-order valence-corrected chi connectivity index (χ0v) is 13.8. The lowest BCUT2D eigenvalue weighted by Gasteiger charge is -2.39. The van der Waals surface area contributed by atoms with E-state index in [0.29, 0.717) is 31.6 Å². The number of nitrogens with one attached hydrogen (secondary N) is 1. The van der Waals surface area contributed by atoms with Gasteiger partial charge in [0.05, 0.1) is 0 Å². The molecule has 0 aromatic rings. The number of rotatable bonds is 4. The van der Waals surface area contributed by atoms with Crippen molar-refractivity contribution >= 4 is 12.0 Å². The Bertz CT molecular complexity index is 392. The van der Waals surface area contributed by atoms with Gasteiger partial charge in [0.1, 0.15) is 6.04 Å². The number of likely N-dealkylation sites (tertiary alicyclic amines) is 2. The van der Waals surface area contributed by atoms with Gasteiger partial charge in [-0.2, -0.15) is 0 Å². The second kappa shape index (κ2) is 7.81. The molecule has 0 spiro atoms. The van der Waals surface area contributed by atoms with E-state index in [1.165, 1.54) is 24.2 Å². The molecule has 6 nitrogen and oxygen atoms in total. The maximum absolute atomic E-state index is 12.3. The molecule has 22 heavy (non-hydrogen) atoms. The highest BCUT2D eigenvalue weighted by Crippen LogP contribution is 2.21. The van der Waals surface area contributed by atoms with Crippen LogP contribution in [0.4, 0.5) is 4.79 Å². The number of carbonyl (C=O) groups is 2. The van der Waals surface area contributed by atoms with Crippen LogP contribution >= 0.6 is 0 Å². The molecule has 2 fully saturated rings. The van der Waals surface area contributed by atoms with Crippen molar-refractivity contribution in [3.8, 4) is 0 Å². The summed E-state index contributed by atoms with van der Waals surface area (Å²) in [6, 6.07) is 0.610. The highest BCUT2D eigenvalue weighted by Gasteiger charge is 2.32. The summed E-state index contributed by atoms with van der Waals surface area (Å²) in [6.07, 6.45) is 5.12. The van der Waals surface area contributed by atoms with Crippen LogP contribution in [0.15, 0.2) is 0 Å². The van der Waals surface area contributed by atoms with Crippen molar-refractivity contribution in [2.45, 2.75) is 70.5 Å². The van der Waals surface area contributed by atoms with Crippen molar-refractivity contribution in [2.75, 3.05) is 19.6 Å². The van der Waals surface area contributed by atoms with Gasteiger partial charge in [0.25, 0.3) is 0 Å². The van der Waals surface area contributed by atoms with Gasteiger partial charge in [-0.25, -0.2) is 4.79 Å². The lowest BCUT2D eigenvalue weighted by atomic mass is 9.97. The number of hydrogen-bond acceptors (Lipinski definition) is 3. The number of carboxylic acid groups (broad SMARTS) is 1. The van der Waals surface area contributed by atoms with Gasteiger partial charge in [-0.15, -0.1) is 0 Å². The Labute approximate surface area is 132 Å². The third kappa shape index (κ3) is 4.12. The van der Waals surface area contributed by atoms with Gasteiger partial charge in [0.15, 0.2) is 0 Å². The van der Waals surface area contributed by atoms with Crippen molar-refractivity contribution in [3.05, 3.63) is 0 Å². The molecule has 2 unspecified atom stereocenters. The van der Waals surface area contributed by atoms with E-state index >= 15 is 0 Å². The van der Waals surface area contributed by atoms with Gasteiger partial charge >= 0.3 is 6.09 Å². The second-order valence-electron chi connectivity index (χ2n) is 6.65. The van der Waals surface area contributed by atoms with Crippen LogP contribution in [-0.2, 0) is 4.79 Å². The fraction of sp³-hybridized carbons (Fsp3) is 0.875. The molecule has 6 heteroatoms. The normalized spacial score (nSPS) is 30.1. The highest BCUT2D eigenvalue weighted by molar-refractivity contribution is 5.85. The summed E-state index contributed by atoms with van der Waals surface area (Å²) in [7, 11) is 0. The van der Waals surface area contributed by atoms with Crippen LogP contribution in [-0.4, -0.2) is 64.7 Å². The SMILES string of the molecule is CC1CCCC(C)N1CCNC(=O)[C@@H]1CCCCN1C(=O)O. The van der Waals surface area contributed by atoms with Crippen LogP contribution in [0.5, 0.6) is 0 Å². The molecule has 2 rings (SSSR count). The standard InChI is InChI=1S/C16H29N3O3/c1-12-6-5-7-13(2)18(12)11-9-17-15(20)14-8-3-4-10-19(14)16(21)22/h12-14H,3-11H2,1-2H3,(H,17,20)(H,21,22)/t12?,13?,14-/m0/s1. The Balaban J connectivity index is 1.80. The van der Waals surface area contributed by atoms with E-state index < -0.39 is 12.1 Å². The van der Waals surface area contributed by atoms with Crippen molar-refractivity contribution < 1.29 is 14.7 Å². The largest absolute Gasteiger partial charge is 0.465 e. The predicted octanol–water partition coefficient (Wildman–Crippen LogP) is 1.90. The zero-order chi connectivity index (χ0) is 16.1. The van der Waals surface area contributed by atoms with Crippen molar-refractivity contribution in [1.29, 1.82) is 0 Å². The first-order chi connectivity index (χ1) is 10.5. The minimum absolute atomic E-state index is 0.139. The monoisotopic (exact) mass is 311 g/mol. The minimum Gasteiger partial charge on any atom is -0.465 e. The molecule has 126 valence electrons. The molecule has 0 radical (unpaired) electrons. The fourth-order valence-corrected chi connectivity index (χ4v) is 3.77. The van der Waals surface area contributed by atoms with Crippen LogP contribution < -0.4 is 5.32 Å². The van der Waals surface area contributed by atoms with Gasteiger partial charge in [-0.1, -0.05) is 6.42 Å². The molecule has 2 amide bonds. The number of nitrogens with zero attached hydrogens (tertiary/aromatic N) is 2. The van der Waals surface area contributed by atoms with E-state index in [9.17, 15) is 14.7 Å². The Morgan fingerprint density at radius 1 is 1.09 bits per heavy atom. The van der Waals surface area contributed by atoms with Crippen molar-refractivity contribution in [2.24, 2.45) is 0 Å². The van der Waals surface area contributed by atoms with Crippen LogP contribution in [0.1, 0.15) is 52.4 Å². The van der Waals surface area contributed by atoms with Crippen molar-refractivity contribution in [3.63, 3.8) is 0 Å². The zero-order valence-electron chi connectivity index (χ0n) is 13.8. The van der Waals surface area contributed by atoms with E-state index in [-0.39, 0.29) is 5.91 Å². The van der Waals surface area contributed by atoms with Crippen LogP contribution in [0.25, 0.3) is 0 Å². The molecule has 3 atom stereocenters. The smallest absolute Gasteiger partial charge is 0.407 e. The van der Waals surface area contributed by atoms with E-state index in [1.54, 1.807) is 0 Å². The molecule has 0 aromatic heterocycles. The molecular formula is C16H29N3O3. The molecule has 0 aromatic carbocycles. The van der Waals surface area contributed by atoms with Crippen molar-refractivity contribution in [1.82, 2.24) is 15.1 Å². The fourth-order valence-electron chi connectivity index (χ4n) is 3.77. The second-order valence-corrected chi connectivity index (χ2v) is 6.65. The quantitative estimate of drug-likeness (QED) is 0.832. The summed E-state index contributed by atoms with van der Waals surface area (Å²) in [6.45, 7) is 6.38. The van der Waals surface area contributed by atoms with Gasteiger partial charge in [-0.05, 0) is 46.0 Å². The van der Waals surface area contributed by atoms with Crippen LogP contribution in [0.3, 0.4) is 0 Å². The van der Waals surface area contributed by atoms with E-state index in [1.807, 2.05) is 0 Å². The average molecular weight is 311 g/mol. The molecule has 2 saturated heterocycles. The summed E-state index contributed by atoms with van der Waals surface area (Å²) in [5, 5.41) is 12.1. The third-order valence-corrected chi connectivity index (χ3v) is 5.10. The number of amides is 2. The maximum atomic E-state index is 12.3. The summed E-state index contributed by atoms with van der Waals surface area (Å²) in [5.41, 5.74) is 0. The maximum Gasteiger partial charge on any atom is 0.407 e. The molecule has 2 heterocycles. The summed E-state index contributed by atoms with van der Waals surface area (Å²) in [5.74, 6) is -0.139. The molecule has 0 saturated carbocycles. The summed E-state index contributed by atoms with van der Waals surface area (Å²) >= 11 is 0. The number of piperidine rings is 2. The predicted molar refractivity (Wildman–Crippen MR) is 84.9 cm³/mol. The van der Waals surface area contributed by atoms with E-state index in [4.69, 9.17) is 0 Å². The molecule has 0 aliphatic carbocycles. The third-order valence-electron chi connectivity index (χ3n) is 5.10. The van der Waals surface area contributed by atoms with Gasteiger partial charge in [-0.3, -0.25) is 14.6 Å². The average Bonchev–Trinajstić information content (AvgIpc) is 2.50. The Hall–Kier alpha value is -1.30. The van der Waals surface area contributed by atoms with Gasteiger partial charge in [0.2, 0.25) is 5.91 Å². The Morgan fingerprint density at radius 2 is 1.77 bits per heavy atom.